The first-order chi connectivity index (χ1) is 12.9. The molecule has 1 saturated carbocycles. The van der Waals surface area contributed by atoms with Crippen LogP contribution in [-0.4, -0.2) is 46.7 Å². The minimum Gasteiger partial charge on any atom is -0.324 e. The van der Waals surface area contributed by atoms with E-state index in [-0.39, 0.29) is 24.3 Å². The molecule has 142 valence electrons. The van der Waals surface area contributed by atoms with Gasteiger partial charge in [0.15, 0.2) is 0 Å². The number of imide groups is 2. The Hall–Kier alpha value is -2.58. The Bertz CT molecular complexity index is 846. The highest BCUT2D eigenvalue weighted by Crippen LogP contribution is 2.31. The van der Waals surface area contributed by atoms with Crippen molar-refractivity contribution < 1.29 is 19.2 Å². The first-order valence-corrected chi connectivity index (χ1v) is 9.23. The van der Waals surface area contributed by atoms with Crippen molar-refractivity contribution in [2.45, 2.75) is 50.2 Å². The number of carbonyl (C=O) groups excluding carboxylic acids is 4. The van der Waals surface area contributed by atoms with Crippen molar-refractivity contribution >= 4 is 23.6 Å². The maximum atomic E-state index is 13.0. The van der Waals surface area contributed by atoms with E-state index >= 15 is 0 Å². The second kappa shape index (κ2) is 6.54. The predicted molar refractivity (Wildman–Crippen MR) is 95.6 cm³/mol. The second-order valence-electron chi connectivity index (χ2n) is 7.61. The number of carbonyl (C=O) groups is 4. The molecule has 27 heavy (non-hydrogen) atoms. The smallest absolute Gasteiger partial charge is 0.262 e. The van der Waals surface area contributed by atoms with E-state index in [9.17, 15) is 19.2 Å². The number of nitrogens with zero attached hydrogens (tertiary/aromatic N) is 1. The largest absolute Gasteiger partial charge is 0.324 e. The quantitative estimate of drug-likeness (QED) is 0.630. The lowest BCUT2D eigenvalue weighted by molar-refractivity contribution is -0.136. The molecule has 1 atom stereocenters. The monoisotopic (exact) mass is 370 g/mol. The summed E-state index contributed by atoms with van der Waals surface area (Å²) in [5, 5.41) is 5.49. The van der Waals surface area contributed by atoms with Crippen LogP contribution in [0.15, 0.2) is 18.2 Å². The normalized spacial score (nSPS) is 23.9. The summed E-state index contributed by atoms with van der Waals surface area (Å²) < 4.78 is 0. The number of benzene rings is 1. The summed E-state index contributed by atoms with van der Waals surface area (Å²) in [4.78, 5) is 50.2. The molecule has 1 aromatic carbocycles. The summed E-state index contributed by atoms with van der Waals surface area (Å²) in [6, 6.07) is 4.19. The van der Waals surface area contributed by atoms with Gasteiger partial charge in [-0.15, -0.1) is 0 Å². The number of amides is 4. The van der Waals surface area contributed by atoms with Crippen LogP contribution in [0.5, 0.6) is 0 Å². The highest BCUT2D eigenvalue weighted by atomic mass is 16.2. The standard InChI is InChI=1S/C19H22N4O4/c20-19(7-2-8-19)10-21-9-11-3-1-4-12-15(11)18(27)23(17(12)26)13-5-6-14(24)22-16(13)25/h1,3-4,13,21H,2,5-10,20H2,(H,22,24,25). The van der Waals surface area contributed by atoms with E-state index in [1.165, 1.54) is 0 Å². The molecule has 2 heterocycles. The summed E-state index contributed by atoms with van der Waals surface area (Å²) >= 11 is 0. The van der Waals surface area contributed by atoms with Gasteiger partial charge in [0.1, 0.15) is 6.04 Å². The van der Waals surface area contributed by atoms with Crippen molar-refractivity contribution in [3.05, 3.63) is 34.9 Å². The second-order valence-corrected chi connectivity index (χ2v) is 7.61. The van der Waals surface area contributed by atoms with Gasteiger partial charge < -0.3 is 11.1 Å². The number of nitrogens with one attached hydrogen (secondary N) is 2. The van der Waals surface area contributed by atoms with Crippen LogP contribution in [-0.2, 0) is 16.1 Å². The van der Waals surface area contributed by atoms with Crippen LogP contribution < -0.4 is 16.4 Å². The van der Waals surface area contributed by atoms with Crippen LogP contribution in [0, 0.1) is 0 Å². The van der Waals surface area contributed by atoms with Gasteiger partial charge in [-0.2, -0.15) is 0 Å². The molecule has 8 nitrogen and oxygen atoms in total. The topological polar surface area (TPSA) is 122 Å². The van der Waals surface area contributed by atoms with Crippen LogP contribution in [0.3, 0.4) is 0 Å². The third-order valence-corrected chi connectivity index (χ3v) is 5.70. The minimum atomic E-state index is -0.946. The van der Waals surface area contributed by atoms with E-state index in [1.807, 2.05) is 0 Å². The van der Waals surface area contributed by atoms with Crippen molar-refractivity contribution in [1.29, 1.82) is 0 Å². The molecule has 0 radical (unpaired) electrons. The van der Waals surface area contributed by atoms with Crippen LogP contribution in [0.25, 0.3) is 0 Å². The van der Waals surface area contributed by atoms with Gasteiger partial charge in [0.2, 0.25) is 11.8 Å². The zero-order chi connectivity index (χ0) is 19.2. The molecule has 0 aromatic heterocycles. The van der Waals surface area contributed by atoms with Gasteiger partial charge in [-0.05, 0) is 37.3 Å². The van der Waals surface area contributed by atoms with Crippen LogP contribution >= 0.6 is 0 Å². The Balaban J connectivity index is 1.54. The van der Waals surface area contributed by atoms with E-state index in [0.29, 0.717) is 29.8 Å². The lowest BCUT2D eigenvalue weighted by Gasteiger charge is -2.38. The van der Waals surface area contributed by atoms with Crippen molar-refractivity contribution in [3.63, 3.8) is 0 Å². The molecule has 4 amide bonds. The minimum absolute atomic E-state index is 0.108. The number of nitrogens with two attached hydrogens (primary N) is 1. The molecule has 2 aliphatic heterocycles. The van der Waals surface area contributed by atoms with Gasteiger partial charge in [-0.3, -0.25) is 29.4 Å². The maximum Gasteiger partial charge on any atom is 0.262 e. The molecule has 1 aromatic rings. The zero-order valence-electron chi connectivity index (χ0n) is 14.9. The molecule has 1 aliphatic carbocycles. The van der Waals surface area contributed by atoms with Gasteiger partial charge >= 0.3 is 0 Å². The Morgan fingerprint density at radius 3 is 2.63 bits per heavy atom. The third-order valence-electron chi connectivity index (χ3n) is 5.70. The predicted octanol–water partition coefficient (Wildman–Crippen LogP) is 0.0588. The number of hydrogen-bond donors (Lipinski definition) is 3. The van der Waals surface area contributed by atoms with Gasteiger partial charge in [0, 0.05) is 25.0 Å². The average Bonchev–Trinajstić information content (AvgIpc) is 2.86. The number of rotatable bonds is 5. The Labute approximate surface area is 156 Å². The summed E-state index contributed by atoms with van der Waals surface area (Å²) in [5.41, 5.74) is 7.37. The van der Waals surface area contributed by atoms with E-state index in [2.05, 4.69) is 10.6 Å². The highest BCUT2D eigenvalue weighted by Gasteiger charge is 2.45. The van der Waals surface area contributed by atoms with Crippen LogP contribution in [0.4, 0.5) is 0 Å². The summed E-state index contributed by atoms with van der Waals surface area (Å²) in [6.07, 6.45) is 3.35. The molecule has 2 fully saturated rings. The van der Waals surface area contributed by atoms with Crippen molar-refractivity contribution in [3.8, 4) is 0 Å². The number of piperidine rings is 1. The third kappa shape index (κ3) is 3.04. The van der Waals surface area contributed by atoms with Gasteiger partial charge in [-0.1, -0.05) is 12.1 Å². The van der Waals surface area contributed by atoms with Crippen LogP contribution in [0.2, 0.25) is 0 Å². The maximum absolute atomic E-state index is 13.0. The first kappa shape index (κ1) is 17.8. The van der Waals surface area contributed by atoms with Gasteiger partial charge in [-0.25, -0.2) is 0 Å². The lowest BCUT2D eigenvalue weighted by atomic mass is 9.78. The summed E-state index contributed by atoms with van der Waals surface area (Å²) in [5.74, 6) is -1.95. The Kier molecular flexibility index (Phi) is 4.32. The zero-order valence-corrected chi connectivity index (χ0v) is 14.9. The lowest BCUT2D eigenvalue weighted by Crippen LogP contribution is -2.54. The van der Waals surface area contributed by atoms with Crippen LogP contribution in [0.1, 0.15) is 58.4 Å². The fraction of sp³-hybridized carbons (Fsp3) is 0.474. The Morgan fingerprint density at radius 1 is 1.19 bits per heavy atom. The van der Waals surface area contributed by atoms with Gasteiger partial charge in [0.25, 0.3) is 11.8 Å². The number of fused-ring (bicyclic) bond motifs is 1. The van der Waals surface area contributed by atoms with E-state index in [0.717, 1.165) is 24.2 Å². The van der Waals surface area contributed by atoms with Crippen molar-refractivity contribution in [2.75, 3.05) is 6.54 Å². The molecule has 4 N–H and O–H groups in total. The van der Waals surface area contributed by atoms with Gasteiger partial charge in [0.05, 0.1) is 11.1 Å². The molecule has 1 unspecified atom stereocenters. The fourth-order valence-electron chi connectivity index (χ4n) is 3.99. The Morgan fingerprint density at radius 2 is 1.96 bits per heavy atom. The van der Waals surface area contributed by atoms with E-state index < -0.39 is 23.8 Å². The molecule has 8 heteroatoms. The molecule has 4 rings (SSSR count). The summed E-state index contributed by atoms with van der Waals surface area (Å²) in [7, 11) is 0. The molecule has 0 bridgehead atoms. The number of hydrogen-bond acceptors (Lipinski definition) is 6. The summed E-state index contributed by atoms with van der Waals surface area (Å²) in [6.45, 7) is 1.07. The first-order valence-electron chi connectivity index (χ1n) is 9.23. The molecule has 3 aliphatic rings. The van der Waals surface area contributed by atoms with Crippen molar-refractivity contribution in [1.82, 2.24) is 15.5 Å². The van der Waals surface area contributed by atoms with E-state index in [4.69, 9.17) is 5.73 Å². The fourth-order valence-corrected chi connectivity index (χ4v) is 3.99. The molecular formula is C19H22N4O4. The molecular weight excluding hydrogens is 348 g/mol. The molecule has 1 saturated heterocycles. The van der Waals surface area contributed by atoms with E-state index in [1.54, 1.807) is 18.2 Å². The van der Waals surface area contributed by atoms with Crippen molar-refractivity contribution in [2.24, 2.45) is 5.73 Å². The molecule has 0 spiro atoms. The highest BCUT2D eigenvalue weighted by molar-refractivity contribution is 6.24. The average molecular weight is 370 g/mol. The SMILES string of the molecule is NC1(CNCc2cccc3c2C(=O)N(C2CCC(=O)NC2=O)C3=O)CCC1.